The molecule has 0 aromatic carbocycles. The Bertz CT molecular complexity index is 373. The summed E-state index contributed by atoms with van der Waals surface area (Å²) >= 11 is 0. The quantitative estimate of drug-likeness (QED) is 0.867. The molecule has 1 aliphatic rings. The number of halogens is 1. The first kappa shape index (κ1) is 14.0. The molecule has 2 heterocycles. The highest BCUT2D eigenvalue weighted by atomic mass is 35.5. The monoisotopic (exact) mass is 259 g/mol. The maximum atomic E-state index is 12.0. The van der Waals surface area contributed by atoms with Gasteiger partial charge in [0.25, 0.3) is 5.91 Å². The van der Waals surface area contributed by atoms with Crippen molar-refractivity contribution in [3.8, 4) is 0 Å². The molecule has 0 unspecified atom stereocenters. The molecule has 0 bridgehead atoms. The fraction of sp³-hybridized carbons (Fsp3) is 0.636. The summed E-state index contributed by atoms with van der Waals surface area (Å²) in [5.74, 6) is 0.834. The molecule has 2 rings (SSSR count). The van der Waals surface area contributed by atoms with Crippen LogP contribution in [0.2, 0.25) is 0 Å². The van der Waals surface area contributed by atoms with Crippen LogP contribution in [0.25, 0.3) is 0 Å². The smallest absolute Gasteiger partial charge is 0.292 e. The standard InChI is InChI=1S/C11H17N3O2.ClH/c1-8-6-10(16-13-8)11(15)14-4-2-9(7-12)3-5-14;/h6,9H,2-5,7,12H2,1H3;1H. The van der Waals surface area contributed by atoms with Crippen LogP contribution < -0.4 is 5.73 Å². The van der Waals surface area contributed by atoms with Gasteiger partial charge in [-0.05, 0) is 32.2 Å². The van der Waals surface area contributed by atoms with E-state index in [4.69, 9.17) is 10.3 Å². The molecule has 1 saturated heterocycles. The minimum Gasteiger partial charge on any atom is -0.351 e. The van der Waals surface area contributed by atoms with Gasteiger partial charge in [-0.1, -0.05) is 5.16 Å². The maximum Gasteiger partial charge on any atom is 0.292 e. The van der Waals surface area contributed by atoms with Gasteiger partial charge in [0.2, 0.25) is 5.76 Å². The Labute approximate surface area is 107 Å². The minimum atomic E-state index is -0.0592. The third-order valence-corrected chi connectivity index (χ3v) is 3.07. The van der Waals surface area contributed by atoms with Gasteiger partial charge in [-0.2, -0.15) is 0 Å². The van der Waals surface area contributed by atoms with Crippen LogP contribution in [0.4, 0.5) is 0 Å². The summed E-state index contributed by atoms with van der Waals surface area (Å²) in [6, 6.07) is 1.68. The van der Waals surface area contributed by atoms with E-state index in [1.165, 1.54) is 0 Å². The van der Waals surface area contributed by atoms with Crippen LogP contribution in [-0.4, -0.2) is 35.6 Å². The van der Waals surface area contributed by atoms with Crippen molar-refractivity contribution in [2.24, 2.45) is 11.7 Å². The normalized spacial score (nSPS) is 16.7. The Balaban J connectivity index is 0.00000144. The third-order valence-electron chi connectivity index (χ3n) is 3.07. The highest BCUT2D eigenvalue weighted by Crippen LogP contribution is 2.18. The predicted octanol–water partition coefficient (Wildman–Crippen LogP) is 1.22. The molecule has 6 heteroatoms. The molecule has 1 amide bonds. The Hall–Kier alpha value is -1.07. The lowest BCUT2D eigenvalue weighted by Gasteiger charge is -2.30. The molecule has 0 saturated carbocycles. The van der Waals surface area contributed by atoms with E-state index in [0.717, 1.165) is 31.6 Å². The topological polar surface area (TPSA) is 72.4 Å². The van der Waals surface area contributed by atoms with E-state index in [1.54, 1.807) is 13.0 Å². The molecule has 0 spiro atoms. The summed E-state index contributed by atoms with van der Waals surface area (Å²) in [4.78, 5) is 13.8. The molecule has 5 nitrogen and oxygen atoms in total. The zero-order valence-electron chi connectivity index (χ0n) is 9.89. The number of hydrogen-bond donors (Lipinski definition) is 1. The van der Waals surface area contributed by atoms with Crippen molar-refractivity contribution in [2.75, 3.05) is 19.6 Å². The number of carbonyl (C=O) groups excluding carboxylic acids is 1. The lowest BCUT2D eigenvalue weighted by Crippen LogP contribution is -2.39. The van der Waals surface area contributed by atoms with Gasteiger partial charge in [-0.25, -0.2) is 0 Å². The number of carbonyl (C=O) groups is 1. The maximum absolute atomic E-state index is 12.0. The van der Waals surface area contributed by atoms with Crippen LogP contribution >= 0.6 is 12.4 Å². The van der Waals surface area contributed by atoms with Gasteiger partial charge in [-0.15, -0.1) is 12.4 Å². The average molecular weight is 260 g/mol. The van der Waals surface area contributed by atoms with Crippen LogP contribution in [0.3, 0.4) is 0 Å². The van der Waals surface area contributed by atoms with Crippen LogP contribution in [-0.2, 0) is 0 Å². The number of amides is 1. The summed E-state index contributed by atoms with van der Waals surface area (Å²) in [7, 11) is 0. The van der Waals surface area contributed by atoms with Crippen molar-refractivity contribution >= 4 is 18.3 Å². The second-order valence-corrected chi connectivity index (χ2v) is 4.30. The van der Waals surface area contributed by atoms with Gasteiger partial charge in [0.05, 0.1) is 5.69 Å². The van der Waals surface area contributed by atoms with Crippen molar-refractivity contribution in [3.63, 3.8) is 0 Å². The molecule has 0 atom stereocenters. The van der Waals surface area contributed by atoms with Crippen LogP contribution in [0.15, 0.2) is 10.6 Å². The van der Waals surface area contributed by atoms with Crippen LogP contribution in [0, 0.1) is 12.8 Å². The first-order valence-electron chi connectivity index (χ1n) is 5.63. The second kappa shape index (κ2) is 6.02. The lowest BCUT2D eigenvalue weighted by atomic mass is 9.97. The highest BCUT2D eigenvalue weighted by Gasteiger charge is 2.24. The molecule has 1 aliphatic heterocycles. The number of aryl methyl sites for hydroxylation is 1. The summed E-state index contributed by atoms with van der Waals surface area (Å²) < 4.78 is 4.97. The number of nitrogens with zero attached hydrogens (tertiary/aromatic N) is 2. The number of aromatic nitrogens is 1. The first-order valence-corrected chi connectivity index (χ1v) is 5.63. The Morgan fingerprint density at radius 1 is 1.59 bits per heavy atom. The molecule has 1 aromatic rings. The van der Waals surface area contributed by atoms with Gasteiger partial charge in [0, 0.05) is 19.2 Å². The summed E-state index contributed by atoms with van der Waals surface area (Å²) in [6.07, 6.45) is 1.96. The van der Waals surface area contributed by atoms with E-state index in [2.05, 4.69) is 5.16 Å². The van der Waals surface area contributed by atoms with Crippen LogP contribution in [0.5, 0.6) is 0 Å². The summed E-state index contributed by atoms with van der Waals surface area (Å²) in [6.45, 7) is 4.05. The van der Waals surface area contributed by atoms with E-state index in [9.17, 15) is 4.79 Å². The average Bonchev–Trinajstić information content (AvgIpc) is 2.75. The zero-order chi connectivity index (χ0) is 11.5. The predicted molar refractivity (Wildman–Crippen MR) is 66.2 cm³/mol. The first-order chi connectivity index (χ1) is 7.70. The minimum absolute atomic E-state index is 0. The van der Waals surface area contributed by atoms with Crippen molar-refractivity contribution in [3.05, 3.63) is 17.5 Å². The molecule has 0 radical (unpaired) electrons. The number of likely N-dealkylation sites (tertiary alicyclic amines) is 1. The van der Waals surface area contributed by atoms with Gasteiger partial charge >= 0.3 is 0 Å². The molecule has 96 valence electrons. The van der Waals surface area contributed by atoms with Crippen molar-refractivity contribution in [2.45, 2.75) is 19.8 Å². The molecule has 17 heavy (non-hydrogen) atoms. The zero-order valence-corrected chi connectivity index (χ0v) is 10.7. The van der Waals surface area contributed by atoms with E-state index in [0.29, 0.717) is 18.2 Å². The molecule has 2 N–H and O–H groups in total. The summed E-state index contributed by atoms with van der Waals surface area (Å²) in [5, 5.41) is 3.72. The number of hydrogen-bond acceptors (Lipinski definition) is 4. The Morgan fingerprint density at radius 3 is 2.71 bits per heavy atom. The van der Waals surface area contributed by atoms with E-state index < -0.39 is 0 Å². The van der Waals surface area contributed by atoms with Gasteiger partial charge in [0.1, 0.15) is 0 Å². The van der Waals surface area contributed by atoms with Crippen molar-refractivity contribution in [1.29, 1.82) is 0 Å². The molecule has 1 aromatic heterocycles. The van der Waals surface area contributed by atoms with Crippen LogP contribution in [0.1, 0.15) is 29.1 Å². The van der Waals surface area contributed by atoms with E-state index in [1.807, 2.05) is 4.90 Å². The van der Waals surface area contributed by atoms with Crippen molar-refractivity contribution in [1.82, 2.24) is 10.1 Å². The van der Waals surface area contributed by atoms with Gasteiger partial charge in [-0.3, -0.25) is 4.79 Å². The number of rotatable bonds is 2. The third kappa shape index (κ3) is 3.20. The molecular weight excluding hydrogens is 242 g/mol. The van der Waals surface area contributed by atoms with Gasteiger partial charge < -0.3 is 15.2 Å². The van der Waals surface area contributed by atoms with Crippen molar-refractivity contribution < 1.29 is 9.32 Å². The lowest BCUT2D eigenvalue weighted by molar-refractivity contribution is 0.0651. The fourth-order valence-electron chi connectivity index (χ4n) is 1.99. The fourth-order valence-corrected chi connectivity index (χ4v) is 1.99. The largest absolute Gasteiger partial charge is 0.351 e. The Kier molecular flexibility index (Phi) is 4.96. The Morgan fingerprint density at radius 2 is 2.24 bits per heavy atom. The molecule has 1 fully saturated rings. The second-order valence-electron chi connectivity index (χ2n) is 4.30. The van der Waals surface area contributed by atoms with E-state index in [-0.39, 0.29) is 18.3 Å². The number of piperidine rings is 1. The highest BCUT2D eigenvalue weighted by molar-refractivity contribution is 5.91. The SMILES string of the molecule is Cc1cc(C(=O)N2CCC(CN)CC2)on1.Cl. The molecule has 0 aliphatic carbocycles. The number of nitrogens with two attached hydrogens (primary N) is 1. The van der Waals surface area contributed by atoms with E-state index >= 15 is 0 Å². The van der Waals surface area contributed by atoms with Gasteiger partial charge in [0.15, 0.2) is 0 Å². The summed E-state index contributed by atoms with van der Waals surface area (Å²) in [5.41, 5.74) is 6.34. The molecular formula is C11H18ClN3O2.